The minimum absolute atomic E-state index is 0.429. The van der Waals surface area contributed by atoms with Gasteiger partial charge in [-0.1, -0.05) is 19.1 Å². The van der Waals surface area contributed by atoms with E-state index in [2.05, 4.69) is 52.9 Å². The average Bonchev–Trinajstić information content (AvgIpc) is 2.61. The van der Waals surface area contributed by atoms with Crippen molar-refractivity contribution < 1.29 is 0 Å². The molecule has 0 aliphatic heterocycles. The summed E-state index contributed by atoms with van der Waals surface area (Å²) >= 11 is 0. The molecule has 1 aromatic rings. The third kappa shape index (κ3) is 5.69. The second kappa shape index (κ2) is 9.35. The third-order valence-corrected chi connectivity index (χ3v) is 4.62. The summed E-state index contributed by atoms with van der Waals surface area (Å²) in [6.07, 6.45) is 9.21. The van der Waals surface area contributed by atoms with Gasteiger partial charge in [-0.2, -0.15) is 0 Å². The molecule has 1 heterocycles. The molecular weight excluding hydrogens is 310 g/mol. The molecule has 0 aromatic carbocycles. The number of rotatable bonds is 7. The first-order valence-electron chi connectivity index (χ1n) is 9.17. The van der Waals surface area contributed by atoms with E-state index in [0.717, 1.165) is 49.1 Å². The Hall–Kier alpha value is -2.17. The van der Waals surface area contributed by atoms with Crippen LogP contribution in [0, 0.1) is 0 Å². The molecule has 2 N–H and O–H groups in total. The average molecular weight is 342 g/mol. The van der Waals surface area contributed by atoms with Crippen molar-refractivity contribution in [3.05, 3.63) is 35.8 Å². The highest BCUT2D eigenvalue weighted by atomic mass is 15.1. The van der Waals surface area contributed by atoms with Gasteiger partial charge in [0.25, 0.3) is 0 Å². The van der Waals surface area contributed by atoms with Gasteiger partial charge in [0.15, 0.2) is 0 Å². The van der Waals surface area contributed by atoms with Crippen molar-refractivity contribution in [1.82, 2.24) is 15.3 Å². The maximum atomic E-state index is 4.69. The van der Waals surface area contributed by atoms with Crippen LogP contribution in [-0.2, 0) is 0 Å². The van der Waals surface area contributed by atoms with E-state index in [4.69, 9.17) is 0 Å². The van der Waals surface area contributed by atoms with E-state index in [1.165, 1.54) is 5.57 Å². The standard InChI is InChI=1S/C20H31N5/c1-6-15(4)23-16-7-9-17(10-8-16)24-20-22-12-11-19(25-20)18(13-21-5)14(2)3/h11-13,16-17,23H,4,6-10H2,1-3,5H3,(H,22,24,25). The molecule has 1 aliphatic carbocycles. The number of nitrogens with one attached hydrogen (secondary N) is 2. The van der Waals surface area contributed by atoms with Crippen LogP contribution in [0.25, 0.3) is 5.57 Å². The summed E-state index contributed by atoms with van der Waals surface area (Å²) in [7, 11) is 1.78. The molecule has 0 spiro atoms. The zero-order valence-corrected chi connectivity index (χ0v) is 16.0. The first-order chi connectivity index (χ1) is 12.0. The molecule has 1 saturated carbocycles. The van der Waals surface area contributed by atoms with Gasteiger partial charge < -0.3 is 10.6 Å². The van der Waals surface area contributed by atoms with Crippen molar-refractivity contribution >= 4 is 17.7 Å². The van der Waals surface area contributed by atoms with Crippen LogP contribution in [0.2, 0.25) is 0 Å². The maximum Gasteiger partial charge on any atom is 0.223 e. The van der Waals surface area contributed by atoms with Crippen LogP contribution < -0.4 is 10.6 Å². The van der Waals surface area contributed by atoms with Crippen LogP contribution in [0.3, 0.4) is 0 Å². The highest BCUT2D eigenvalue weighted by molar-refractivity contribution is 6.10. The lowest BCUT2D eigenvalue weighted by atomic mass is 9.91. The summed E-state index contributed by atoms with van der Waals surface area (Å²) in [4.78, 5) is 13.2. The van der Waals surface area contributed by atoms with Gasteiger partial charge in [-0.25, -0.2) is 9.97 Å². The van der Waals surface area contributed by atoms with Gasteiger partial charge in [0.2, 0.25) is 5.95 Å². The summed E-state index contributed by atoms with van der Waals surface area (Å²) in [5, 5.41) is 7.03. The Bertz CT molecular complexity index is 635. The Morgan fingerprint density at radius 2 is 1.96 bits per heavy atom. The first-order valence-corrected chi connectivity index (χ1v) is 9.17. The number of hydrogen-bond acceptors (Lipinski definition) is 5. The molecule has 0 bridgehead atoms. The molecule has 0 unspecified atom stereocenters. The van der Waals surface area contributed by atoms with Gasteiger partial charge in [0, 0.05) is 42.8 Å². The van der Waals surface area contributed by atoms with E-state index < -0.39 is 0 Å². The van der Waals surface area contributed by atoms with E-state index in [-0.39, 0.29) is 0 Å². The minimum Gasteiger partial charge on any atom is -0.386 e. The molecule has 5 nitrogen and oxygen atoms in total. The predicted octanol–water partition coefficient (Wildman–Crippen LogP) is 4.21. The van der Waals surface area contributed by atoms with Gasteiger partial charge in [-0.15, -0.1) is 0 Å². The molecule has 25 heavy (non-hydrogen) atoms. The minimum atomic E-state index is 0.429. The second-order valence-corrected chi connectivity index (χ2v) is 6.86. The molecule has 5 heteroatoms. The fraction of sp³-hybridized carbons (Fsp3) is 0.550. The molecular formula is C20H31N5. The topological polar surface area (TPSA) is 62.2 Å². The van der Waals surface area contributed by atoms with Crippen LogP contribution in [0.4, 0.5) is 5.95 Å². The molecule has 0 radical (unpaired) electrons. The fourth-order valence-electron chi connectivity index (χ4n) is 3.11. The van der Waals surface area contributed by atoms with Crippen molar-refractivity contribution in [1.29, 1.82) is 0 Å². The maximum absolute atomic E-state index is 4.69. The predicted molar refractivity (Wildman–Crippen MR) is 107 cm³/mol. The summed E-state index contributed by atoms with van der Waals surface area (Å²) < 4.78 is 0. The second-order valence-electron chi connectivity index (χ2n) is 6.86. The zero-order chi connectivity index (χ0) is 18.2. The molecule has 0 saturated heterocycles. The SMILES string of the molecule is C=C(CC)NC1CCC(Nc2nccc(C(C=NC)=C(C)C)n2)CC1. The van der Waals surface area contributed by atoms with Crippen LogP contribution in [0.5, 0.6) is 0 Å². The van der Waals surface area contributed by atoms with E-state index in [9.17, 15) is 0 Å². The summed E-state index contributed by atoms with van der Waals surface area (Å²) in [5.74, 6) is 0.704. The van der Waals surface area contributed by atoms with E-state index in [1.807, 2.05) is 18.5 Å². The van der Waals surface area contributed by atoms with Gasteiger partial charge >= 0.3 is 0 Å². The number of allylic oxidation sites excluding steroid dienone is 3. The van der Waals surface area contributed by atoms with Gasteiger partial charge in [0.1, 0.15) is 0 Å². The van der Waals surface area contributed by atoms with Crippen molar-refractivity contribution in [2.24, 2.45) is 4.99 Å². The zero-order valence-electron chi connectivity index (χ0n) is 16.0. The highest BCUT2D eigenvalue weighted by Gasteiger charge is 2.21. The lowest BCUT2D eigenvalue weighted by Crippen LogP contribution is -2.36. The molecule has 0 atom stereocenters. The lowest BCUT2D eigenvalue weighted by Gasteiger charge is -2.30. The number of nitrogens with zero attached hydrogens (tertiary/aromatic N) is 3. The summed E-state index contributed by atoms with van der Waals surface area (Å²) in [5.41, 5.74) is 4.30. The van der Waals surface area contributed by atoms with Crippen molar-refractivity contribution in [3.8, 4) is 0 Å². The number of aliphatic imine (C=N–C) groups is 1. The van der Waals surface area contributed by atoms with Crippen molar-refractivity contribution in [3.63, 3.8) is 0 Å². The van der Waals surface area contributed by atoms with E-state index >= 15 is 0 Å². The van der Waals surface area contributed by atoms with E-state index in [1.54, 1.807) is 7.05 Å². The van der Waals surface area contributed by atoms with Gasteiger partial charge in [-0.3, -0.25) is 4.99 Å². The molecule has 1 aliphatic rings. The van der Waals surface area contributed by atoms with Crippen LogP contribution in [0.1, 0.15) is 58.6 Å². The Kier molecular flexibility index (Phi) is 7.16. The molecule has 136 valence electrons. The smallest absolute Gasteiger partial charge is 0.223 e. The number of hydrogen-bond donors (Lipinski definition) is 2. The highest BCUT2D eigenvalue weighted by Crippen LogP contribution is 2.23. The Balaban J connectivity index is 1.97. The van der Waals surface area contributed by atoms with Crippen molar-refractivity contribution in [2.45, 2.75) is 65.0 Å². The monoisotopic (exact) mass is 341 g/mol. The van der Waals surface area contributed by atoms with Crippen molar-refractivity contribution in [2.75, 3.05) is 12.4 Å². The number of anilines is 1. The van der Waals surface area contributed by atoms with E-state index in [0.29, 0.717) is 18.0 Å². The first kappa shape index (κ1) is 19.2. The molecule has 1 fully saturated rings. The number of aromatic nitrogens is 2. The largest absolute Gasteiger partial charge is 0.386 e. The molecule has 0 amide bonds. The van der Waals surface area contributed by atoms with Gasteiger partial charge in [-0.05, 0) is 52.0 Å². The Morgan fingerprint density at radius 3 is 2.56 bits per heavy atom. The summed E-state index contributed by atoms with van der Waals surface area (Å²) in [6.45, 7) is 10.3. The quantitative estimate of drug-likeness (QED) is 0.729. The normalized spacial score (nSPS) is 20.3. The Morgan fingerprint density at radius 1 is 1.28 bits per heavy atom. The summed E-state index contributed by atoms with van der Waals surface area (Å²) in [6, 6.07) is 2.92. The lowest BCUT2D eigenvalue weighted by molar-refractivity contribution is 0.370. The molecule has 2 rings (SSSR count). The van der Waals surface area contributed by atoms with Crippen LogP contribution in [-0.4, -0.2) is 35.3 Å². The Labute approximate surface area is 151 Å². The van der Waals surface area contributed by atoms with Gasteiger partial charge in [0.05, 0.1) is 5.69 Å². The third-order valence-electron chi connectivity index (χ3n) is 4.62. The van der Waals surface area contributed by atoms with Crippen LogP contribution >= 0.6 is 0 Å². The van der Waals surface area contributed by atoms with Crippen LogP contribution in [0.15, 0.2) is 35.1 Å². The molecule has 1 aromatic heterocycles. The fourth-order valence-corrected chi connectivity index (χ4v) is 3.11.